The number of hydrogen-bond acceptors (Lipinski definition) is 3. The summed E-state index contributed by atoms with van der Waals surface area (Å²) in [5.74, 6) is -0.909. The van der Waals surface area contributed by atoms with E-state index in [1.54, 1.807) is 0 Å². The van der Waals surface area contributed by atoms with E-state index in [9.17, 15) is 9.59 Å². The molecule has 1 rings (SSSR count). The van der Waals surface area contributed by atoms with Crippen molar-refractivity contribution in [2.45, 2.75) is 77.6 Å². The monoisotopic (exact) mass is 280 g/mol. The molecule has 0 saturated carbocycles. The first-order valence-corrected chi connectivity index (χ1v) is 8.13. The molecule has 0 aromatic carbocycles. The molecule has 114 valence electrons. The molecule has 3 heteroatoms. The number of carbonyl (C=O) groups is 2. The Labute approximate surface area is 122 Å². The Morgan fingerprint density at radius 3 is 2.30 bits per heavy atom. The number of unbranched alkanes of at least 4 members (excludes halogenated alkanes) is 7. The molecule has 1 unspecified atom stereocenters. The lowest BCUT2D eigenvalue weighted by Crippen LogP contribution is -2.06. The van der Waals surface area contributed by atoms with Crippen LogP contribution in [0, 0.1) is 5.92 Å². The highest BCUT2D eigenvalue weighted by Crippen LogP contribution is 2.21. The molecular formula is C17H28O3. The second-order valence-electron chi connectivity index (χ2n) is 5.65. The molecule has 0 aliphatic carbocycles. The van der Waals surface area contributed by atoms with Gasteiger partial charge in [-0.3, -0.25) is 9.59 Å². The molecule has 0 radical (unpaired) electrons. The average Bonchev–Trinajstić information content (AvgIpc) is 2.74. The first-order valence-electron chi connectivity index (χ1n) is 8.13. The number of esters is 2. The number of hydrogen-bond donors (Lipinski definition) is 0. The summed E-state index contributed by atoms with van der Waals surface area (Å²) in [7, 11) is 0. The summed E-state index contributed by atoms with van der Waals surface area (Å²) < 4.78 is 4.52. The Morgan fingerprint density at radius 1 is 1.00 bits per heavy atom. The van der Waals surface area contributed by atoms with E-state index in [2.05, 4.69) is 23.8 Å². The van der Waals surface area contributed by atoms with E-state index in [1.807, 2.05) is 0 Å². The topological polar surface area (TPSA) is 43.4 Å². The number of allylic oxidation sites excluding steroid dienone is 2. The summed E-state index contributed by atoms with van der Waals surface area (Å²) in [4.78, 5) is 22.1. The van der Waals surface area contributed by atoms with Crippen LogP contribution < -0.4 is 0 Å². The van der Waals surface area contributed by atoms with E-state index in [4.69, 9.17) is 0 Å². The van der Waals surface area contributed by atoms with Crippen LogP contribution in [0.15, 0.2) is 12.2 Å². The zero-order valence-corrected chi connectivity index (χ0v) is 12.7. The molecule has 1 aliphatic rings. The van der Waals surface area contributed by atoms with E-state index in [-0.39, 0.29) is 24.3 Å². The van der Waals surface area contributed by atoms with Gasteiger partial charge in [0.15, 0.2) is 0 Å². The van der Waals surface area contributed by atoms with Crippen molar-refractivity contribution in [2.75, 3.05) is 0 Å². The molecule has 1 fully saturated rings. The Balaban J connectivity index is 1.90. The fourth-order valence-electron chi connectivity index (χ4n) is 2.49. The molecule has 0 aromatic heterocycles. The number of ether oxygens (including phenoxy) is 1. The zero-order valence-electron chi connectivity index (χ0n) is 12.7. The summed E-state index contributed by atoms with van der Waals surface area (Å²) in [6.45, 7) is 2.24. The van der Waals surface area contributed by atoms with E-state index in [0.29, 0.717) is 0 Å². The summed E-state index contributed by atoms with van der Waals surface area (Å²) >= 11 is 0. The second-order valence-corrected chi connectivity index (χ2v) is 5.65. The maximum atomic E-state index is 11.2. The van der Waals surface area contributed by atoms with Gasteiger partial charge in [0.2, 0.25) is 0 Å². The Hall–Kier alpha value is -1.12. The lowest BCUT2D eigenvalue weighted by atomic mass is 10.0. The molecule has 0 spiro atoms. The van der Waals surface area contributed by atoms with Crippen LogP contribution in [0.2, 0.25) is 0 Å². The van der Waals surface area contributed by atoms with Gasteiger partial charge in [-0.1, -0.05) is 57.6 Å². The van der Waals surface area contributed by atoms with Crippen LogP contribution in [0.3, 0.4) is 0 Å². The molecule has 1 aliphatic heterocycles. The van der Waals surface area contributed by atoms with Crippen LogP contribution in [0.4, 0.5) is 0 Å². The van der Waals surface area contributed by atoms with Gasteiger partial charge in [0.25, 0.3) is 0 Å². The molecule has 0 N–H and O–H groups in total. The normalized spacial score (nSPS) is 18.9. The first kappa shape index (κ1) is 16.9. The largest absolute Gasteiger partial charge is 0.393 e. The lowest BCUT2D eigenvalue weighted by molar-refractivity contribution is -0.153. The molecule has 0 amide bonds. The van der Waals surface area contributed by atoms with Gasteiger partial charge < -0.3 is 4.74 Å². The predicted octanol–water partition coefficient (Wildman–Crippen LogP) is 4.55. The molecule has 0 aromatic rings. The zero-order chi connectivity index (χ0) is 14.6. The fraction of sp³-hybridized carbons (Fsp3) is 0.765. The number of rotatable bonds is 11. The first-order chi connectivity index (χ1) is 9.74. The van der Waals surface area contributed by atoms with Crippen LogP contribution >= 0.6 is 0 Å². The molecule has 3 nitrogen and oxygen atoms in total. The van der Waals surface area contributed by atoms with Crippen molar-refractivity contribution < 1.29 is 14.3 Å². The van der Waals surface area contributed by atoms with Crippen LogP contribution in [-0.2, 0) is 14.3 Å². The maximum absolute atomic E-state index is 11.2. The Kier molecular flexibility index (Phi) is 9.01. The fourth-order valence-corrected chi connectivity index (χ4v) is 2.49. The van der Waals surface area contributed by atoms with Crippen molar-refractivity contribution in [1.29, 1.82) is 0 Å². The van der Waals surface area contributed by atoms with Gasteiger partial charge in [0.05, 0.1) is 12.3 Å². The molecular weight excluding hydrogens is 252 g/mol. The summed E-state index contributed by atoms with van der Waals surface area (Å²) in [6, 6.07) is 0. The highest BCUT2D eigenvalue weighted by molar-refractivity contribution is 5.94. The molecule has 20 heavy (non-hydrogen) atoms. The Bertz CT molecular complexity index is 320. The van der Waals surface area contributed by atoms with E-state index < -0.39 is 0 Å². The van der Waals surface area contributed by atoms with E-state index >= 15 is 0 Å². The number of cyclic esters (lactones) is 2. The van der Waals surface area contributed by atoms with Crippen LogP contribution in [0.5, 0.6) is 0 Å². The lowest BCUT2D eigenvalue weighted by Gasteiger charge is -2.00. The van der Waals surface area contributed by atoms with Crippen LogP contribution in [0.25, 0.3) is 0 Å². The van der Waals surface area contributed by atoms with E-state index in [1.165, 1.54) is 44.9 Å². The van der Waals surface area contributed by atoms with Gasteiger partial charge in [-0.15, -0.1) is 0 Å². The average molecular weight is 280 g/mol. The molecule has 1 saturated heterocycles. The van der Waals surface area contributed by atoms with Crippen molar-refractivity contribution in [3.8, 4) is 0 Å². The maximum Gasteiger partial charge on any atom is 0.317 e. The number of carbonyl (C=O) groups excluding carboxylic acids is 2. The quantitative estimate of drug-likeness (QED) is 0.241. The smallest absolute Gasteiger partial charge is 0.317 e. The highest BCUT2D eigenvalue weighted by Gasteiger charge is 2.32. The van der Waals surface area contributed by atoms with Gasteiger partial charge in [-0.25, -0.2) is 0 Å². The minimum absolute atomic E-state index is 0.203. The third kappa shape index (κ3) is 7.46. The minimum atomic E-state index is -0.368. The molecule has 0 bridgehead atoms. The van der Waals surface area contributed by atoms with Crippen molar-refractivity contribution in [3.63, 3.8) is 0 Å². The molecule has 1 heterocycles. The highest BCUT2D eigenvalue weighted by atomic mass is 16.6. The van der Waals surface area contributed by atoms with E-state index in [0.717, 1.165) is 19.3 Å². The summed E-state index contributed by atoms with van der Waals surface area (Å²) in [5.41, 5.74) is 0. The van der Waals surface area contributed by atoms with Crippen LogP contribution in [-0.4, -0.2) is 11.9 Å². The minimum Gasteiger partial charge on any atom is -0.393 e. The van der Waals surface area contributed by atoms with Crippen molar-refractivity contribution in [2.24, 2.45) is 5.92 Å². The second kappa shape index (κ2) is 10.6. The van der Waals surface area contributed by atoms with Gasteiger partial charge >= 0.3 is 11.9 Å². The SMILES string of the molecule is CCCCCCCCC/C=C/CCC1CC(=O)OC1=O. The van der Waals surface area contributed by atoms with Crippen molar-refractivity contribution in [1.82, 2.24) is 0 Å². The van der Waals surface area contributed by atoms with Crippen LogP contribution in [0.1, 0.15) is 77.6 Å². The van der Waals surface area contributed by atoms with Crippen molar-refractivity contribution >= 4 is 11.9 Å². The standard InChI is InChI=1S/C17H28O3/c1-2-3-4-5-6-7-8-9-10-11-12-13-15-14-16(18)20-17(15)19/h10-11,15H,2-9,12-14H2,1H3/b11-10+. The molecule has 1 atom stereocenters. The van der Waals surface area contributed by atoms with Gasteiger partial charge in [0.1, 0.15) is 0 Å². The summed E-state index contributed by atoms with van der Waals surface area (Å²) in [5, 5.41) is 0. The van der Waals surface area contributed by atoms with Gasteiger partial charge in [0, 0.05) is 0 Å². The predicted molar refractivity (Wildman–Crippen MR) is 80.2 cm³/mol. The van der Waals surface area contributed by atoms with Gasteiger partial charge in [-0.2, -0.15) is 0 Å². The third-order valence-corrected chi connectivity index (χ3v) is 3.78. The third-order valence-electron chi connectivity index (χ3n) is 3.78. The van der Waals surface area contributed by atoms with Gasteiger partial charge in [-0.05, 0) is 25.7 Å². The Morgan fingerprint density at radius 2 is 1.65 bits per heavy atom. The van der Waals surface area contributed by atoms with Crippen molar-refractivity contribution in [3.05, 3.63) is 12.2 Å². The summed E-state index contributed by atoms with van der Waals surface area (Å²) in [6.07, 6.45) is 16.7.